The van der Waals surface area contributed by atoms with E-state index >= 15 is 0 Å². The number of amides is 2. The number of nitrogens with zero attached hydrogens (tertiary/aromatic N) is 1. The molecule has 2 heterocycles. The van der Waals surface area contributed by atoms with Gasteiger partial charge in [-0.15, -0.1) is 0 Å². The first-order chi connectivity index (χ1) is 11.9. The number of nitrogens with one attached hydrogen (secondary N) is 1. The molecule has 1 fully saturated rings. The summed E-state index contributed by atoms with van der Waals surface area (Å²) in [5.74, 6) is -0.301. The summed E-state index contributed by atoms with van der Waals surface area (Å²) in [6.07, 6.45) is 1.87. The zero-order valence-electron chi connectivity index (χ0n) is 13.6. The van der Waals surface area contributed by atoms with E-state index in [9.17, 15) is 18.0 Å². The molecule has 8 heteroatoms. The molecule has 1 aliphatic heterocycles. The van der Waals surface area contributed by atoms with Gasteiger partial charge in [0.15, 0.2) is 15.6 Å². The van der Waals surface area contributed by atoms with Crippen LogP contribution in [0.15, 0.2) is 47.1 Å². The molecule has 0 bridgehead atoms. The molecule has 1 aromatic heterocycles. The number of sulfone groups is 1. The largest absolute Gasteiger partial charge is 0.459 e. The van der Waals surface area contributed by atoms with Crippen LogP contribution in [0.1, 0.15) is 27.3 Å². The molecule has 3 rings (SSSR count). The van der Waals surface area contributed by atoms with E-state index < -0.39 is 9.84 Å². The molecule has 0 saturated carbocycles. The second-order valence-corrected chi connectivity index (χ2v) is 8.21. The summed E-state index contributed by atoms with van der Waals surface area (Å²) in [6.45, 7) is 0. The number of benzene rings is 1. The van der Waals surface area contributed by atoms with Crippen LogP contribution in [0.5, 0.6) is 0 Å². The van der Waals surface area contributed by atoms with E-state index in [0.717, 1.165) is 0 Å². The van der Waals surface area contributed by atoms with Crippen molar-refractivity contribution in [2.45, 2.75) is 12.5 Å². The van der Waals surface area contributed by atoms with E-state index in [0.29, 0.717) is 17.7 Å². The molecule has 0 aliphatic carbocycles. The third-order valence-electron chi connectivity index (χ3n) is 4.21. The molecule has 25 heavy (non-hydrogen) atoms. The van der Waals surface area contributed by atoms with Crippen LogP contribution in [0.4, 0.5) is 5.69 Å². The van der Waals surface area contributed by atoms with Crippen LogP contribution >= 0.6 is 0 Å². The lowest BCUT2D eigenvalue weighted by molar-refractivity contribution is 0.0747. The van der Waals surface area contributed by atoms with Crippen molar-refractivity contribution in [3.8, 4) is 0 Å². The maximum absolute atomic E-state index is 12.5. The fourth-order valence-electron chi connectivity index (χ4n) is 2.75. The first-order valence-corrected chi connectivity index (χ1v) is 9.60. The van der Waals surface area contributed by atoms with Gasteiger partial charge in [-0.05, 0) is 42.8 Å². The molecule has 132 valence electrons. The van der Waals surface area contributed by atoms with Crippen molar-refractivity contribution in [2.75, 3.05) is 23.9 Å². The summed E-state index contributed by atoms with van der Waals surface area (Å²) in [6, 6.07) is 9.31. The summed E-state index contributed by atoms with van der Waals surface area (Å²) in [5, 5.41) is 2.67. The smallest absolute Gasteiger partial charge is 0.291 e. The molecule has 1 unspecified atom stereocenters. The Balaban J connectivity index is 1.65. The minimum absolute atomic E-state index is 0.00648. The second-order valence-electron chi connectivity index (χ2n) is 5.98. The minimum atomic E-state index is -3.05. The highest BCUT2D eigenvalue weighted by Crippen LogP contribution is 2.19. The van der Waals surface area contributed by atoms with E-state index in [1.807, 2.05) is 0 Å². The maximum Gasteiger partial charge on any atom is 0.291 e. The predicted molar refractivity (Wildman–Crippen MR) is 92.3 cm³/mol. The molecule has 0 spiro atoms. The van der Waals surface area contributed by atoms with Crippen LogP contribution in [-0.2, 0) is 9.84 Å². The number of carbonyl (C=O) groups excluding carboxylic acids is 2. The summed E-state index contributed by atoms with van der Waals surface area (Å²) in [7, 11) is -1.44. The number of hydrogen-bond acceptors (Lipinski definition) is 5. The van der Waals surface area contributed by atoms with Gasteiger partial charge in [-0.25, -0.2) is 8.42 Å². The average molecular weight is 362 g/mol. The van der Waals surface area contributed by atoms with Crippen LogP contribution < -0.4 is 5.32 Å². The number of anilines is 1. The van der Waals surface area contributed by atoms with Gasteiger partial charge in [0.05, 0.1) is 17.8 Å². The molecule has 1 aromatic carbocycles. The lowest BCUT2D eigenvalue weighted by atomic mass is 10.1. The fourth-order valence-corrected chi connectivity index (χ4v) is 4.52. The number of carbonyl (C=O) groups is 2. The summed E-state index contributed by atoms with van der Waals surface area (Å²) < 4.78 is 28.1. The fraction of sp³-hybridized carbons (Fsp3) is 0.294. The normalized spacial score (nSPS) is 18.7. The molecule has 1 atom stereocenters. The van der Waals surface area contributed by atoms with Crippen LogP contribution in [0.25, 0.3) is 0 Å². The molecular weight excluding hydrogens is 344 g/mol. The number of furan rings is 1. The molecular formula is C17H18N2O5S. The van der Waals surface area contributed by atoms with Gasteiger partial charge in [-0.1, -0.05) is 0 Å². The number of hydrogen-bond donors (Lipinski definition) is 1. The van der Waals surface area contributed by atoms with Crippen LogP contribution in [0.2, 0.25) is 0 Å². The van der Waals surface area contributed by atoms with E-state index in [2.05, 4.69) is 5.32 Å². The Bertz CT molecular complexity index is 872. The van der Waals surface area contributed by atoms with Crippen molar-refractivity contribution >= 4 is 27.3 Å². The first-order valence-electron chi connectivity index (χ1n) is 7.78. The molecule has 7 nitrogen and oxygen atoms in total. The Labute approximate surface area is 145 Å². The Hall–Kier alpha value is -2.61. The van der Waals surface area contributed by atoms with E-state index in [1.54, 1.807) is 43.4 Å². The van der Waals surface area contributed by atoms with Crippen molar-refractivity contribution in [1.82, 2.24) is 4.90 Å². The van der Waals surface area contributed by atoms with Crippen molar-refractivity contribution < 1.29 is 22.4 Å². The second kappa shape index (κ2) is 6.72. The van der Waals surface area contributed by atoms with Gasteiger partial charge in [-0.2, -0.15) is 0 Å². The lowest BCUT2D eigenvalue weighted by Gasteiger charge is -2.23. The highest BCUT2D eigenvalue weighted by Gasteiger charge is 2.33. The van der Waals surface area contributed by atoms with Gasteiger partial charge < -0.3 is 14.6 Å². The minimum Gasteiger partial charge on any atom is -0.459 e. The van der Waals surface area contributed by atoms with Crippen molar-refractivity contribution in [3.05, 3.63) is 54.0 Å². The van der Waals surface area contributed by atoms with E-state index in [-0.39, 0.29) is 35.1 Å². The van der Waals surface area contributed by atoms with Gasteiger partial charge in [0.1, 0.15) is 0 Å². The van der Waals surface area contributed by atoms with Crippen LogP contribution in [0.3, 0.4) is 0 Å². The maximum atomic E-state index is 12.5. The average Bonchev–Trinajstić information content (AvgIpc) is 3.23. The van der Waals surface area contributed by atoms with Crippen molar-refractivity contribution in [2.24, 2.45) is 0 Å². The third-order valence-corrected chi connectivity index (χ3v) is 5.96. The SMILES string of the molecule is CN(C(=O)c1ccc(NC(=O)c2ccco2)cc1)C1CCS(=O)(=O)C1. The Morgan fingerprint density at radius 3 is 2.48 bits per heavy atom. The Kier molecular flexibility index (Phi) is 4.63. The zero-order valence-corrected chi connectivity index (χ0v) is 14.5. The summed E-state index contributed by atoms with van der Waals surface area (Å²) in [4.78, 5) is 25.9. The quantitative estimate of drug-likeness (QED) is 0.894. The summed E-state index contributed by atoms with van der Waals surface area (Å²) in [5.41, 5.74) is 0.965. The molecule has 2 amide bonds. The topological polar surface area (TPSA) is 96.7 Å². The Morgan fingerprint density at radius 2 is 1.92 bits per heavy atom. The third kappa shape index (κ3) is 3.90. The zero-order chi connectivity index (χ0) is 18.0. The van der Waals surface area contributed by atoms with Crippen molar-refractivity contribution in [3.63, 3.8) is 0 Å². The van der Waals surface area contributed by atoms with Crippen LogP contribution in [0, 0.1) is 0 Å². The van der Waals surface area contributed by atoms with E-state index in [4.69, 9.17) is 4.42 Å². The highest BCUT2D eigenvalue weighted by molar-refractivity contribution is 7.91. The Morgan fingerprint density at radius 1 is 1.20 bits per heavy atom. The van der Waals surface area contributed by atoms with Gasteiger partial charge in [0, 0.05) is 24.3 Å². The van der Waals surface area contributed by atoms with Gasteiger partial charge in [0.2, 0.25) is 0 Å². The van der Waals surface area contributed by atoms with Crippen LogP contribution in [-0.4, -0.2) is 49.7 Å². The van der Waals surface area contributed by atoms with Crippen molar-refractivity contribution in [1.29, 1.82) is 0 Å². The van der Waals surface area contributed by atoms with Gasteiger partial charge >= 0.3 is 0 Å². The summed E-state index contributed by atoms with van der Waals surface area (Å²) >= 11 is 0. The molecule has 2 aromatic rings. The predicted octanol–water partition coefficient (Wildman–Crippen LogP) is 1.79. The van der Waals surface area contributed by atoms with E-state index in [1.165, 1.54) is 11.2 Å². The first kappa shape index (κ1) is 17.2. The monoisotopic (exact) mass is 362 g/mol. The highest BCUT2D eigenvalue weighted by atomic mass is 32.2. The molecule has 1 N–H and O–H groups in total. The molecule has 1 saturated heterocycles. The standard InChI is InChI=1S/C17H18N2O5S/c1-19(14-8-10-25(22,23)11-14)17(21)12-4-6-13(7-5-12)18-16(20)15-3-2-9-24-15/h2-7,9,14H,8,10-11H2,1H3,(H,18,20). The molecule has 1 aliphatic rings. The number of rotatable bonds is 4. The lowest BCUT2D eigenvalue weighted by Crippen LogP contribution is -2.37. The molecule has 0 radical (unpaired) electrons. The van der Waals surface area contributed by atoms with Gasteiger partial charge in [-0.3, -0.25) is 9.59 Å². The van der Waals surface area contributed by atoms with Gasteiger partial charge in [0.25, 0.3) is 11.8 Å².